The van der Waals surface area contributed by atoms with Crippen LogP contribution in [0.15, 0.2) is 23.5 Å². The third kappa shape index (κ3) is 5.65. The van der Waals surface area contributed by atoms with E-state index in [2.05, 4.69) is 60.6 Å². The fraction of sp³-hybridized carbons (Fsp3) is 0.704. The first-order chi connectivity index (χ1) is 13.4. The summed E-state index contributed by atoms with van der Waals surface area (Å²) in [6.07, 6.45) is 11.3. The van der Waals surface area contributed by atoms with Gasteiger partial charge in [-0.05, 0) is 59.8 Å². The number of hydrogen-bond donors (Lipinski definition) is 0. The topological polar surface area (TPSA) is 9.23 Å². The largest absolute Gasteiger partial charge is 0.461 e. The van der Waals surface area contributed by atoms with Gasteiger partial charge in [0, 0.05) is 12.3 Å². The predicted octanol–water partition coefficient (Wildman–Crippen LogP) is 8.92. The molecule has 1 aliphatic rings. The van der Waals surface area contributed by atoms with E-state index in [4.69, 9.17) is 4.74 Å². The molecule has 2 unspecified atom stereocenters. The Labute approximate surface area is 175 Å². The number of ether oxygens (including phenoxy) is 1. The Morgan fingerprint density at radius 2 is 1.54 bits per heavy atom. The lowest BCUT2D eigenvalue weighted by atomic mass is 9.84. The maximum Gasteiger partial charge on any atom is 0.133 e. The molecule has 0 aromatic heterocycles. The number of hydrogen-bond acceptors (Lipinski definition) is 1. The van der Waals surface area contributed by atoms with E-state index in [1.165, 1.54) is 73.1 Å². The van der Waals surface area contributed by atoms with Crippen LogP contribution in [-0.4, -0.2) is 0 Å². The molecule has 2 rings (SSSR count). The second-order valence-electron chi connectivity index (χ2n) is 9.28. The summed E-state index contributed by atoms with van der Waals surface area (Å²) in [4.78, 5) is 0. The average molecular weight is 385 g/mol. The van der Waals surface area contributed by atoms with Gasteiger partial charge in [0.1, 0.15) is 11.5 Å². The third-order valence-electron chi connectivity index (χ3n) is 6.61. The highest BCUT2D eigenvalue weighted by molar-refractivity contribution is 5.52. The van der Waals surface area contributed by atoms with Crippen molar-refractivity contribution in [3.05, 3.63) is 40.2 Å². The molecule has 0 aliphatic carbocycles. The Balaban J connectivity index is 2.33. The van der Waals surface area contributed by atoms with Crippen LogP contribution in [0.25, 0.3) is 0 Å². The molecule has 0 spiro atoms. The van der Waals surface area contributed by atoms with Gasteiger partial charge in [0.25, 0.3) is 0 Å². The molecule has 28 heavy (non-hydrogen) atoms. The fourth-order valence-electron chi connectivity index (χ4n) is 4.28. The zero-order valence-corrected chi connectivity index (χ0v) is 19.7. The minimum atomic E-state index is 0.456. The minimum absolute atomic E-state index is 0.456. The van der Waals surface area contributed by atoms with Crippen LogP contribution in [0, 0.1) is 5.92 Å². The quantitative estimate of drug-likeness (QED) is 0.346. The van der Waals surface area contributed by atoms with Crippen molar-refractivity contribution in [2.24, 2.45) is 5.92 Å². The molecule has 0 saturated heterocycles. The Morgan fingerprint density at radius 3 is 2.14 bits per heavy atom. The van der Waals surface area contributed by atoms with Crippen molar-refractivity contribution in [3.63, 3.8) is 0 Å². The van der Waals surface area contributed by atoms with Crippen LogP contribution in [0.1, 0.15) is 128 Å². The lowest BCUT2D eigenvalue weighted by Gasteiger charge is -2.30. The molecule has 0 bridgehead atoms. The van der Waals surface area contributed by atoms with Crippen LogP contribution in [-0.2, 0) is 6.42 Å². The van der Waals surface area contributed by atoms with Crippen LogP contribution in [0.2, 0.25) is 0 Å². The molecule has 1 aromatic carbocycles. The van der Waals surface area contributed by atoms with Gasteiger partial charge in [-0.1, -0.05) is 86.3 Å². The monoisotopic (exact) mass is 384 g/mol. The summed E-state index contributed by atoms with van der Waals surface area (Å²) in [6.45, 7) is 16.1. The van der Waals surface area contributed by atoms with Crippen molar-refractivity contribution >= 4 is 0 Å². The zero-order chi connectivity index (χ0) is 20.7. The van der Waals surface area contributed by atoms with Crippen LogP contribution < -0.4 is 4.74 Å². The highest BCUT2D eigenvalue weighted by atomic mass is 16.5. The van der Waals surface area contributed by atoms with Gasteiger partial charge in [0.2, 0.25) is 0 Å². The van der Waals surface area contributed by atoms with Gasteiger partial charge in [0.15, 0.2) is 0 Å². The van der Waals surface area contributed by atoms with Crippen molar-refractivity contribution in [2.75, 3.05) is 0 Å². The summed E-state index contributed by atoms with van der Waals surface area (Å²) in [5.74, 6) is 4.05. The van der Waals surface area contributed by atoms with Gasteiger partial charge in [-0.2, -0.15) is 0 Å². The number of unbranched alkanes of at least 4 members (excludes halogenated alkanes) is 4. The summed E-state index contributed by atoms with van der Waals surface area (Å²) in [6, 6.07) is 4.89. The zero-order valence-electron chi connectivity index (χ0n) is 19.7. The lowest BCUT2D eigenvalue weighted by molar-refractivity contribution is 0.337. The summed E-state index contributed by atoms with van der Waals surface area (Å²) in [5, 5.41) is 0. The first kappa shape index (κ1) is 23.0. The molecule has 158 valence electrons. The summed E-state index contributed by atoms with van der Waals surface area (Å²) >= 11 is 0. The Morgan fingerprint density at radius 1 is 0.857 bits per heavy atom. The lowest BCUT2D eigenvalue weighted by Crippen LogP contribution is -2.17. The molecule has 1 aromatic rings. The van der Waals surface area contributed by atoms with E-state index >= 15 is 0 Å². The molecule has 1 nitrogen and oxygen atoms in total. The molecule has 1 aliphatic heterocycles. The predicted molar refractivity (Wildman–Crippen MR) is 123 cm³/mol. The van der Waals surface area contributed by atoms with E-state index in [0.717, 1.165) is 12.8 Å². The van der Waals surface area contributed by atoms with Crippen LogP contribution in [0.5, 0.6) is 5.75 Å². The smallest absolute Gasteiger partial charge is 0.133 e. The number of fused-ring (bicyclic) bond motifs is 1. The standard InChI is InChI=1S/C27H44O/c1-8-11-12-13-14-15-22-16-24-17-23(20(6)9-2)18-25(21(7)10-3)27(24)28-26(22)19(4)5/h17-21H,8-16H2,1-7H3. The molecule has 0 radical (unpaired) electrons. The molecule has 2 atom stereocenters. The van der Waals surface area contributed by atoms with Crippen LogP contribution >= 0.6 is 0 Å². The van der Waals surface area contributed by atoms with Crippen LogP contribution in [0.3, 0.4) is 0 Å². The van der Waals surface area contributed by atoms with E-state index in [9.17, 15) is 0 Å². The van der Waals surface area contributed by atoms with E-state index < -0.39 is 0 Å². The number of rotatable bonds is 11. The van der Waals surface area contributed by atoms with Gasteiger partial charge in [-0.3, -0.25) is 0 Å². The van der Waals surface area contributed by atoms with E-state index in [1.54, 1.807) is 5.57 Å². The SMILES string of the molecule is CCCCCCCC1=C(C(C)C)Oc2c(cc(C(C)CC)cc2C(C)CC)C1. The van der Waals surface area contributed by atoms with Gasteiger partial charge < -0.3 is 4.74 Å². The molecule has 1 heteroatoms. The van der Waals surface area contributed by atoms with E-state index in [1.807, 2.05) is 0 Å². The second kappa shape index (κ2) is 11.1. The maximum atomic E-state index is 6.69. The van der Waals surface area contributed by atoms with Gasteiger partial charge in [-0.15, -0.1) is 0 Å². The molecular formula is C27H44O. The summed E-state index contributed by atoms with van der Waals surface area (Å²) in [5.41, 5.74) is 5.90. The molecular weight excluding hydrogens is 340 g/mol. The summed E-state index contributed by atoms with van der Waals surface area (Å²) < 4.78 is 6.69. The van der Waals surface area contributed by atoms with E-state index in [0.29, 0.717) is 17.8 Å². The average Bonchev–Trinajstić information content (AvgIpc) is 2.70. The minimum Gasteiger partial charge on any atom is -0.461 e. The number of benzene rings is 1. The van der Waals surface area contributed by atoms with Crippen molar-refractivity contribution in [3.8, 4) is 5.75 Å². The Bertz CT molecular complexity index is 652. The van der Waals surface area contributed by atoms with Crippen molar-refractivity contribution in [2.45, 2.75) is 118 Å². The molecule has 1 heterocycles. The second-order valence-corrected chi connectivity index (χ2v) is 9.28. The normalized spacial score (nSPS) is 16.1. The van der Waals surface area contributed by atoms with E-state index in [-0.39, 0.29) is 0 Å². The molecule has 0 N–H and O–H groups in total. The first-order valence-electron chi connectivity index (χ1n) is 12.0. The third-order valence-corrected chi connectivity index (χ3v) is 6.61. The van der Waals surface area contributed by atoms with Crippen molar-refractivity contribution < 1.29 is 4.74 Å². The Hall–Kier alpha value is -1.24. The highest BCUT2D eigenvalue weighted by Crippen LogP contribution is 2.42. The molecule has 0 fully saturated rings. The Kier molecular flexibility index (Phi) is 9.12. The van der Waals surface area contributed by atoms with Crippen molar-refractivity contribution in [1.29, 1.82) is 0 Å². The maximum absolute atomic E-state index is 6.69. The molecule has 0 amide bonds. The number of allylic oxidation sites excluding steroid dienone is 2. The fourth-order valence-corrected chi connectivity index (χ4v) is 4.28. The van der Waals surface area contributed by atoms with Gasteiger partial charge in [0.05, 0.1) is 0 Å². The van der Waals surface area contributed by atoms with Gasteiger partial charge in [-0.25, -0.2) is 0 Å². The van der Waals surface area contributed by atoms with Gasteiger partial charge >= 0.3 is 0 Å². The van der Waals surface area contributed by atoms with Crippen molar-refractivity contribution in [1.82, 2.24) is 0 Å². The van der Waals surface area contributed by atoms with Crippen LogP contribution in [0.4, 0.5) is 0 Å². The summed E-state index contributed by atoms with van der Waals surface area (Å²) in [7, 11) is 0. The molecule has 0 saturated carbocycles. The highest BCUT2D eigenvalue weighted by Gasteiger charge is 2.26. The first-order valence-corrected chi connectivity index (χ1v) is 12.0.